The van der Waals surface area contributed by atoms with Crippen molar-refractivity contribution >= 4 is 41.2 Å². The Morgan fingerprint density at radius 1 is 1.03 bits per heavy atom. The number of urea groups is 1. The van der Waals surface area contributed by atoms with Crippen molar-refractivity contribution in [2.24, 2.45) is 0 Å². The first-order valence-corrected chi connectivity index (χ1v) is 9.80. The van der Waals surface area contributed by atoms with E-state index in [1.165, 1.54) is 6.08 Å². The van der Waals surface area contributed by atoms with Gasteiger partial charge in [0.05, 0.1) is 23.9 Å². The lowest BCUT2D eigenvalue weighted by Gasteiger charge is -2.26. The number of nitrogens with zero attached hydrogens (tertiary/aromatic N) is 1. The molecule has 0 atom stereocenters. The Morgan fingerprint density at radius 3 is 2.33 bits per heavy atom. The number of hydrogen-bond acceptors (Lipinski definition) is 5. The molecule has 1 heterocycles. The summed E-state index contributed by atoms with van der Waals surface area (Å²) in [5.41, 5.74) is 1.60. The van der Waals surface area contributed by atoms with Crippen LogP contribution in [0.5, 0.6) is 11.5 Å². The van der Waals surface area contributed by atoms with Gasteiger partial charge >= 0.3 is 6.03 Å². The normalized spacial score (nSPS) is 15.4. The minimum Gasteiger partial charge on any atom is -0.490 e. The van der Waals surface area contributed by atoms with Gasteiger partial charge in [0, 0.05) is 0 Å². The Labute approximate surface area is 179 Å². The SMILES string of the molecule is CCOc1cc(C=C2C(=O)NC(=O)N(c3ccc(C)cc3)C2=O)cc(Cl)c1OCC. The number of hydrogen-bond donors (Lipinski definition) is 1. The third-order valence-electron chi connectivity index (χ3n) is 4.33. The lowest BCUT2D eigenvalue weighted by atomic mass is 10.1. The van der Waals surface area contributed by atoms with Crippen molar-refractivity contribution in [1.82, 2.24) is 5.32 Å². The van der Waals surface area contributed by atoms with E-state index in [1.807, 2.05) is 20.8 Å². The number of anilines is 1. The molecule has 8 heteroatoms. The molecule has 1 fully saturated rings. The van der Waals surface area contributed by atoms with Gasteiger partial charge in [-0.05, 0) is 56.7 Å². The molecular weight excluding hydrogens is 408 g/mol. The fourth-order valence-corrected chi connectivity index (χ4v) is 3.24. The molecule has 3 rings (SSSR count). The number of ether oxygens (including phenoxy) is 2. The standard InChI is InChI=1S/C22H21ClN2O5/c1-4-29-18-12-14(11-17(23)19(18)30-5-2)10-16-20(26)24-22(28)25(21(16)27)15-8-6-13(3)7-9-15/h6-12H,4-5H2,1-3H3,(H,24,26,28). The van der Waals surface area contributed by atoms with Crippen molar-refractivity contribution < 1.29 is 23.9 Å². The minimum atomic E-state index is -0.800. The average molecular weight is 429 g/mol. The molecule has 1 aliphatic heterocycles. The number of rotatable bonds is 6. The van der Waals surface area contributed by atoms with Gasteiger partial charge in [0.15, 0.2) is 11.5 Å². The maximum absolute atomic E-state index is 13.0. The molecular formula is C22H21ClN2O5. The van der Waals surface area contributed by atoms with Crippen LogP contribution in [0, 0.1) is 6.92 Å². The maximum atomic E-state index is 13.0. The van der Waals surface area contributed by atoms with Crippen LogP contribution < -0.4 is 19.7 Å². The molecule has 30 heavy (non-hydrogen) atoms. The first kappa shape index (κ1) is 21.4. The number of carbonyl (C=O) groups excluding carboxylic acids is 3. The number of halogens is 1. The Morgan fingerprint density at radius 2 is 1.70 bits per heavy atom. The van der Waals surface area contributed by atoms with Crippen molar-refractivity contribution in [2.45, 2.75) is 20.8 Å². The van der Waals surface area contributed by atoms with Gasteiger partial charge in [-0.25, -0.2) is 9.69 Å². The van der Waals surface area contributed by atoms with Crippen LogP contribution in [0.4, 0.5) is 10.5 Å². The molecule has 0 aromatic heterocycles. The molecule has 2 aromatic carbocycles. The first-order chi connectivity index (χ1) is 14.3. The topological polar surface area (TPSA) is 84.9 Å². The number of imide groups is 2. The Hall–Kier alpha value is -3.32. The molecule has 7 nitrogen and oxygen atoms in total. The third kappa shape index (κ3) is 4.31. The lowest BCUT2D eigenvalue weighted by molar-refractivity contribution is -0.122. The highest BCUT2D eigenvalue weighted by molar-refractivity contribution is 6.39. The fourth-order valence-electron chi connectivity index (χ4n) is 2.97. The summed E-state index contributed by atoms with van der Waals surface area (Å²) in [5, 5.41) is 2.48. The maximum Gasteiger partial charge on any atom is 0.335 e. The first-order valence-electron chi connectivity index (χ1n) is 9.43. The highest BCUT2D eigenvalue weighted by atomic mass is 35.5. The van der Waals surface area contributed by atoms with Gasteiger partial charge in [0.1, 0.15) is 5.57 Å². The van der Waals surface area contributed by atoms with Crippen LogP contribution in [0.1, 0.15) is 25.0 Å². The van der Waals surface area contributed by atoms with E-state index in [2.05, 4.69) is 5.32 Å². The van der Waals surface area contributed by atoms with E-state index in [4.69, 9.17) is 21.1 Å². The number of carbonyl (C=O) groups is 3. The number of nitrogens with one attached hydrogen (secondary N) is 1. The van der Waals surface area contributed by atoms with E-state index in [0.29, 0.717) is 36.0 Å². The molecule has 156 valence electrons. The Balaban J connectivity index is 2.03. The van der Waals surface area contributed by atoms with Crippen LogP contribution in [0.2, 0.25) is 5.02 Å². The highest BCUT2D eigenvalue weighted by Gasteiger charge is 2.36. The highest BCUT2D eigenvalue weighted by Crippen LogP contribution is 2.37. The quantitative estimate of drug-likeness (QED) is 0.552. The number of amides is 4. The summed E-state index contributed by atoms with van der Waals surface area (Å²) in [6, 6.07) is 9.22. The van der Waals surface area contributed by atoms with E-state index in [0.717, 1.165) is 10.5 Å². The van der Waals surface area contributed by atoms with Crippen molar-refractivity contribution in [1.29, 1.82) is 0 Å². The molecule has 0 radical (unpaired) electrons. The predicted molar refractivity (Wildman–Crippen MR) is 114 cm³/mol. The summed E-state index contributed by atoms with van der Waals surface area (Å²) in [6.45, 7) is 6.31. The predicted octanol–water partition coefficient (Wildman–Crippen LogP) is 4.11. The zero-order chi connectivity index (χ0) is 21.8. The second-order valence-corrected chi connectivity index (χ2v) is 6.90. The lowest BCUT2D eigenvalue weighted by Crippen LogP contribution is -2.54. The molecule has 0 unspecified atom stereocenters. The van der Waals surface area contributed by atoms with Gasteiger partial charge in [-0.1, -0.05) is 29.3 Å². The number of aryl methyl sites for hydroxylation is 1. The van der Waals surface area contributed by atoms with E-state index in [9.17, 15) is 14.4 Å². The van der Waals surface area contributed by atoms with Crippen LogP contribution in [-0.4, -0.2) is 31.1 Å². The summed E-state index contributed by atoms with van der Waals surface area (Å²) in [5.74, 6) is -0.722. The second-order valence-electron chi connectivity index (χ2n) is 6.49. The van der Waals surface area contributed by atoms with Gasteiger partial charge in [-0.2, -0.15) is 0 Å². The van der Waals surface area contributed by atoms with E-state index in [1.54, 1.807) is 36.4 Å². The summed E-state index contributed by atoms with van der Waals surface area (Å²) in [6.07, 6.45) is 1.37. The van der Waals surface area contributed by atoms with Crippen molar-refractivity contribution in [3.63, 3.8) is 0 Å². The van der Waals surface area contributed by atoms with Gasteiger partial charge in [0.2, 0.25) is 0 Å². The molecule has 0 aliphatic carbocycles. The van der Waals surface area contributed by atoms with Crippen molar-refractivity contribution in [2.75, 3.05) is 18.1 Å². The average Bonchev–Trinajstić information content (AvgIpc) is 2.69. The van der Waals surface area contributed by atoms with Crippen LogP contribution >= 0.6 is 11.6 Å². The Kier molecular flexibility index (Phi) is 6.42. The van der Waals surface area contributed by atoms with E-state index in [-0.39, 0.29) is 10.6 Å². The van der Waals surface area contributed by atoms with Crippen LogP contribution in [0.25, 0.3) is 6.08 Å². The molecule has 0 bridgehead atoms. The molecule has 1 saturated heterocycles. The molecule has 1 aliphatic rings. The number of barbiturate groups is 1. The van der Waals surface area contributed by atoms with Gasteiger partial charge in [0.25, 0.3) is 11.8 Å². The minimum absolute atomic E-state index is 0.196. The van der Waals surface area contributed by atoms with Crippen molar-refractivity contribution in [3.8, 4) is 11.5 Å². The molecule has 0 saturated carbocycles. The summed E-state index contributed by atoms with van der Waals surface area (Å²) in [7, 11) is 0. The summed E-state index contributed by atoms with van der Waals surface area (Å²) >= 11 is 6.32. The largest absolute Gasteiger partial charge is 0.490 e. The third-order valence-corrected chi connectivity index (χ3v) is 4.61. The Bertz CT molecular complexity index is 1030. The smallest absolute Gasteiger partial charge is 0.335 e. The van der Waals surface area contributed by atoms with E-state index >= 15 is 0 Å². The fraction of sp³-hybridized carbons (Fsp3) is 0.227. The zero-order valence-corrected chi connectivity index (χ0v) is 17.6. The number of benzene rings is 2. The van der Waals surface area contributed by atoms with Crippen LogP contribution in [-0.2, 0) is 9.59 Å². The molecule has 0 spiro atoms. The summed E-state index contributed by atoms with van der Waals surface area (Å²) in [4.78, 5) is 38.6. The van der Waals surface area contributed by atoms with Gasteiger partial charge in [-0.3, -0.25) is 14.9 Å². The van der Waals surface area contributed by atoms with Gasteiger partial charge < -0.3 is 9.47 Å². The zero-order valence-electron chi connectivity index (χ0n) is 16.8. The van der Waals surface area contributed by atoms with Crippen molar-refractivity contribution in [3.05, 3.63) is 58.1 Å². The molecule has 2 aromatic rings. The molecule has 1 N–H and O–H groups in total. The second kappa shape index (κ2) is 9.00. The van der Waals surface area contributed by atoms with Crippen LogP contribution in [0.15, 0.2) is 42.0 Å². The molecule has 4 amide bonds. The van der Waals surface area contributed by atoms with E-state index < -0.39 is 17.8 Å². The van der Waals surface area contributed by atoms with Crippen LogP contribution in [0.3, 0.4) is 0 Å². The summed E-state index contributed by atoms with van der Waals surface area (Å²) < 4.78 is 11.1. The monoisotopic (exact) mass is 428 g/mol. The van der Waals surface area contributed by atoms with Gasteiger partial charge in [-0.15, -0.1) is 0 Å².